The van der Waals surface area contributed by atoms with Gasteiger partial charge in [-0.15, -0.1) is 0 Å². The summed E-state index contributed by atoms with van der Waals surface area (Å²) in [5.41, 5.74) is 3.89. The van der Waals surface area contributed by atoms with Crippen LogP contribution in [0.3, 0.4) is 0 Å². The van der Waals surface area contributed by atoms with E-state index in [4.69, 9.17) is 9.47 Å². The summed E-state index contributed by atoms with van der Waals surface area (Å²) < 4.78 is 12.0. The summed E-state index contributed by atoms with van der Waals surface area (Å²) in [7, 11) is 0. The first kappa shape index (κ1) is 21.8. The number of benzene rings is 1. The smallest absolute Gasteiger partial charge is 0.223 e. The van der Waals surface area contributed by atoms with Crippen molar-refractivity contribution in [2.24, 2.45) is 0 Å². The number of hydrogen-bond donors (Lipinski definition) is 1. The molecule has 0 spiro atoms. The summed E-state index contributed by atoms with van der Waals surface area (Å²) in [4.78, 5) is 20.5. The minimum absolute atomic E-state index is 0.163. The van der Waals surface area contributed by atoms with Crippen LogP contribution in [0.15, 0.2) is 36.8 Å². The number of aromatic nitrogens is 4. The Morgan fingerprint density at radius 3 is 2.58 bits per heavy atom. The van der Waals surface area contributed by atoms with Gasteiger partial charge in [0.05, 0.1) is 24.8 Å². The predicted molar refractivity (Wildman–Crippen MR) is 129 cm³/mol. The van der Waals surface area contributed by atoms with Gasteiger partial charge in [0.25, 0.3) is 0 Å². The third-order valence-corrected chi connectivity index (χ3v) is 6.47. The maximum atomic E-state index is 6.53. The molecule has 1 saturated carbocycles. The predicted octanol–water partition coefficient (Wildman–Crippen LogP) is 4.18. The molecule has 1 aliphatic carbocycles. The van der Waals surface area contributed by atoms with Crippen LogP contribution in [0.4, 0.5) is 11.6 Å². The van der Waals surface area contributed by atoms with Crippen molar-refractivity contribution in [2.45, 2.75) is 57.6 Å². The second-order valence-corrected chi connectivity index (χ2v) is 9.16. The molecule has 0 unspecified atom stereocenters. The van der Waals surface area contributed by atoms with E-state index in [1.54, 1.807) is 12.4 Å². The van der Waals surface area contributed by atoms with Gasteiger partial charge in [-0.3, -0.25) is 4.98 Å². The van der Waals surface area contributed by atoms with Gasteiger partial charge in [-0.25, -0.2) is 15.0 Å². The number of anilines is 2. The van der Waals surface area contributed by atoms with Crippen LogP contribution in [0.25, 0.3) is 11.0 Å². The molecule has 0 radical (unpaired) electrons. The van der Waals surface area contributed by atoms with Gasteiger partial charge in [0, 0.05) is 55.2 Å². The first-order valence-electron chi connectivity index (χ1n) is 12.0. The Kier molecular flexibility index (Phi) is 6.53. The highest BCUT2D eigenvalue weighted by Crippen LogP contribution is 2.33. The standard InChI is InChI=1S/C25H32N6O2/c1-17(2)21-7-8-28-25(30-21)29-18-3-5-20(6-4-18)33-23-16-19(31-11-13-32-14-12-31)15-22-24(23)27-10-9-26-22/h7-10,15-18,20H,3-6,11-14H2,1-2H3,(H,28,29,30). The van der Waals surface area contributed by atoms with Gasteiger partial charge in [0.2, 0.25) is 5.95 Å². The second kappa shape index (κ2) is 9.87. The summed E-state index contributed by atoms with van der Waals surface area (Å²) in [5, 5.41) is 3.52. The Bertz CT molecular complexity index is 1080. The van der Waals surface area contributed by atoms with Crippen molar-refractivity contribution in [3.05, 3.63) is 42.5 Å². The van der Waals surface area contributed by atoms with E-state index in [0.717, 1.165) is 86.1 Å². The van der Waals surface area contributed by atoms with Crippen molar-refractivity contribution < 1.29 is 9.47 Å². The largest absolute Gasteiger partial charge is 0.488 e. The number of ether oxygens (including phenoxy) is 2. The number of rotatable bonds is 6. The summed E-state index contributed by atoms with van der Waals surface area (Å²) in [6.45, 7) is 7.54. The SMILES string of the molecule is CC(C)c1ccnc(NC2CCC(Oc3cc(N4CCOCC4)cc4nccnc34)CC2)n1. The highest BCUT2D eigenvalue weighted by molar-refractivity contribution is 5.85. The monoisotopic (exact) mass is 448 g/mol. The zero-order valence-corrected chi connectivity index (χ0v) is 19.4. The van der Waals surface area contributed by atoms with Crippen molar-refractivity contribution in [1.29, 1.82) is 0 Å². The molecule has 3 heterocycles. The van der Waals surface area contributed by atoms with Gasteiger partial charge in [-0.1, -0.05) is 13.8 Å². The Hall–Kier alpha value is -3.00. The van der Waals surface area contributed by atoms with Crippen LogP contribution in [0.2, 0.25) is 0 Å². The van der Waals surface area contributed by atoms with Crippen LogP contribution >= 0.6 is 0 Å². The van der Waals surface area contributed by atoms with Crippen molar-refractivity contribution in [3.63, 3.8) is 0 Å². The number of fused-ring (bicyclic) bond motifs is 1. The molecule has 2 aromatic heterocycles. The molecule has 2 fully saturated rings. The molecule has 8 heteroatoms. The molecule has 33 heavy (non-hydrogen) atoms. The maximum Gasteiger partial charge on any atom is 0.223 e. The van der Waals surface area contributed by atoms with Gasteiger partial charge in [0.15, 0.2) is 0 Å². The molecule has 3 aromatic rings. The summed E-state index contributed by atoms with van der Waals surface area (Å²) in [5.74, 6) is 1.94. The molecule has 1 aromatic carbocycles. The molecule has 8 nitrogen and oxygen atoms in total. The lowest BCUT2D eigenvalue weighted by atomic mass is 9.93. The van der Waals surface area contributed by atoms with E-state index in [2.05, 4.69) is 56.1 Å². The average Bonchev–Trinajstić information content (AvgIpc) is 2.86. The van der Waals surface area contributed by atoms with Crippen molar-refractivity contribution in [1.82, 2.24) is 19.9 Å². The lowest BCUT2D eigenvalue weighted by molar-refractivity contribution is 0.122. The maximum absolute atomic E-state index is 6.53. The first-order chi connectivity index (χ1) is 16.2. The lowest BCUT2D eigenvalue weighted by Crippen LogP contribution is -2.36. The molecular weight excluding hydrogens is 416 g/mol. The topological polar surface area (TPSA) is 85.3 Å². The zero-order chi connectivity index (χ0) is 22.6. The van der Waals surface area contributed by atoms with E-state index in [1.165, 1.54) is 0 Å². The normalized spacial score (nSPS) is 21.4. The fourth-order valence-corrected chi connectivity index (χ4v) is 4.57. The summed E-state index contributed by atoms with van der Waals surface area (Å²) >= 11 is 0. The average molecular weight is 449 g/mol. The quantitative estimate of drug-likeness (QED) is 0.601. The van der Waals surface area contributed by atoms with E-state index in [9.17, 15) is 0 Å². The third kappa shape index (κ3) is 5.16. The Balaban J connectivity index is 1.26. The molecule has 0 atom stereocenters. The van der Waals surface area contributed by atoms with Crippen LogP contribution in [0.1, 0.15) is 51.1 Å². The Morgan fingerprint density at radius 1 is 1.00 bits per heavy atom. The second-order valence-electron chi connectivity index (χ2n) is 9.16. The molecule has 5 rings (SSSR count). The number of nitrogens with one attached hydrogen (secondary N) is 1. The first-order valence-corrected chi connectivity index (χ1v) is 12.0. The minimum atomic E-state index is 0.163. The number of morpholine rings is 1. The Morgan fingerprint density at radius 2 is 1.79 bits per heavy atom. The van der Waals surface area contributed by atoms with Crippen LogP contribution < -0.4 is 15.0 Å². The van der Waals surface area contributed by atoms with Crippen LogP contribution in [-0.2, 0) is 4.74 Å². The summed E-state index contributed by atoms with van der Waals surface area (Å²) in [6.07, 6.45) is 9.47. The molecule has 2 aliphatic rings. The van der Waals surface area contributed by atoms with Gasteiger partial charge < -0.3 is 19.7 Å². The fraction of sp³-hybridized carbons (Fsp3) is 0.520. The van der Waals surface area contributed by atoms with E-state index < -0.39 is 0 Å². The van der Waals surface area contributed by atoms with Gasteiger partial charge >= 0.3 is 0 Å². The molecular formula is C25H32N6O2. The van der Waals surface area contributed by atoms with Crippen molar-refractivity contribution >= 4 is 22.7 Å². The van der Waals surface area contributed by atoms with E-state index in [0.29, 0.717) is 12.0 Å². The summed E-state index contributed by atoms with van der Waals surface area (Å²) in [6, 6.07) is 6.58. The molecule has 174 valence electrons. The van der Waals surface area contributed by atoms with E-state index >= 15 is 0 Å². The van der Waals surface area contributed by atoms with Crippen LogP contribution in [0.5, 0.6) is 5.75 Å². The molecule has 1 aliphatic heterocycles. The highest BCUT2D eigenvalue weighted by atomic mass is 16.5. The number of hydrogen-bond acceptors (Lipinski definition) is 8. The van der Waals surface area contributed by atoms with E-state index in [1.807, 2.05) is 12.3 Å². The van der Waals surface area contributed by atoms with Gasteiger partial charge in [0.1, 0.15) is 11.3 Å². The van der Waals surface area contributed by atoms with Gasteiger partial charge in [-0.05, 0) is 43.7 Å². The molecule has 0 amide bonds. The minimum Gasteiger partial charge on any atom is -0.488 e. The fourth-order valence-electron chi connectivity index (χ4n) is 4.57. The van der Waals surface area contributed by atoms with E-state index in [-0.39, 0.29) is 6.10 Å². The highest BCUT2D eigenvalue weighted by Gasteiger charge is 2.25. The van der Waals surface area contributed by atoms with Crippen LogP contribution in [-0.4, -0.2) is 58.4 Å². The number of nitrogens with zero attached hydrogens (tertiary/aromatic N) is 5. The molecule has 1 saturated heterocycles. The van der Waals surface area contributed by atoms with Gasteiger partial charge in [-0.2, -0.15) is 0 Å². The van der Waals surface area contributed by atoms with Crippen LogP contribution in [0, 0.1) is 0 Å². The Labute approximate surface area is 194 Å². The molecule has 0 bridgehead atoms. The third-order valence-electron chi connectivity index (χ3n) is 6.47. The lowest BCUT2D eigenvalue weighted by Gasteiger charge is -2.31. The zero-order valence-electron chi connectivity index (χ0n) is 19.4. The molecule has 1 N–H and O–H groups in total. The van der Waals surface area contributed by atoms with Crippen molar-refractivity contribution in [2.75, 3.05) is 36.5 Å². The van der Waals surface area contributed by atoms with Crippen molar-refractivity contribution in [3.8, 4) is 5.75 Å².